The smallest absolute Gasteiger partial charge is 0.144 e. The molecular formula is C28H19NO. The monoisotopic (exact) mass is 385 g/mol. The van der Waals surface area contributed by atoms with Crippen molar-refractivity contribution >= 4 is 32.7 Å². The first-order chi connectivity index (χ1) is 14.8. The van der Waals surface area contributed by atoms with Gasteiger partial charge >= 0.3 is 0 Å². The van der Waals surface area contributed by atoms with E-state index in [2.05, 4.69) is 84.7 Å². The van der Waals surface area contributed by atoms with Gasteiger partial charge in [0.15, 0.2) is 0 Å². The van der Waals surface area contributed by atoms with Gasteiger partial charge in [0.1, 0.15) is 11.2 Å². The first-order valence-electron chi connectivity index (χ1n) is 10.1. The van der Waals surface area contributed by atoms with Gasteiger partial charge in [-0.15, -0.1) is 0 Å². The van der Waals surface area contributed by atoms with Crippen molar-refractivity contribution in [3.63, 3.8) is 0 Å². The van der Waals surface area contributed by atoms with Gasteiger partial charge in [-0.2, -0.15) is 0 Å². The Morgan fingerprint density at radius 3 is 2.33 bits per heavy atom. The maximum atomic E-state index is 6.22. The van der Waals surface area contributed by atoms with Gasteiger partial charge in [0.05, 0.1) is 5.69 Å². The Balaban J connectivity index is 1.55. The molecule has 0 amide bonds. The number of benzene rings is 4. The van der Waals surface area contributed by atoms with E-state index in [0.29, 0.717) is 0 Å². The highest BCUT2D eigenvalue weighted by Crippen LogP contribution is 2.36. The van der Waals surface area contributed by atoms with Crippen LogP contribution in [0.3, 0.4) is 0 Å². The molecule has 0 radical (unpaired) electrons. The van der Waals surface area contributed by atoms with Crippen molar-refractivity contribution in [1.82, 2.24) is 4.98 Å². The van der Waals surface area contributed by atoms with Crippen molar-refractivity contribution in [2.75, 3.05) is 0 Å². The normalized spacial score (nSPS) is 11.5. The Morgan fingerprint density at radius 1 is 0.667 bits per heavy atom. The summed E-state index contributed by atoms with van der Waals surface area (Å²) >= 11 is 0. The van der Waals surface area contributed by atoms with Crippen molar-refractivity contribution in [1.29, 1.82) is 0 Å². The molecule has 0 saturated heterocycles. The lowest BCUT2D eigenvalue weighted by Crippen LogP contribution is -1.89. The lowest BCUT2D eigenvalue weighted by molar-refractivity contribution is 0.670. The van der Waals surface area contributed by atoms with E-state index in [1.807, 2.05) is 24.4 Å². The molecule has 0 bridgehead atoms. The van der Waals surface area contributed by atoms with Crippen LogP contribution in [-0.4, -0.2) is 4.98 Å². The van der Waals surface area contributed by atoms with Gasteiger partial charge in [0, 0.05) is 22.5 Å². The Kier molecular flexibility index (Phi) is 3.72. The number of aryl methyl sites for hydroxylation is 1. The summed E-state index contributed by atoms with van der Waals surface area (Å²) in [5.74, 6) is 0. The van der Waals surface area contributed by atoms with E-state index in [0.717, 1.165) is 38.8 Å². The summed E-state index contributed by atoms with van der Waals surface area (Å²) in [7, 11) is 0. The second kappa shape index (κ2) is 6.57. The molecule has 2 heterocycles. The van der Waals surface area contributed by atoms with Gasteiger partial charge in [0.2, 0.25) is 0 Å². The number of hydrogen-bond donors (Lipinski definition) is 0. The van der Waals surface area contributed by atoms with Crippen LogP contribution in [-0.2, 0) is 0 Å². The van der Waals surface area contributed by atoms with Crippen molar-refractivity contribution in [3.05, 3.63) is 103 Å². The Labute approximate surface area is 174 Å². The average Bonchev–Trinajstić information content (AvgIpc) is 3.17. The standard InChI is InChI=1S/C28H19NO/c1-18-15-19-7-2-3-8-20(19)16-25(18)21-13-14-29-26(17-21)24-11-6-10-23-22-9-4-5-12-27(22)30-28(23)24/h2-17H,1H3. The van der Waals surface area contributed by atoms with Crippen LogP contribution in [0.4, 0.5) is 0 Å². The van der Waals surface area contributed by atoms with Gasteiger partial charge in [-0.3, -0.25) is 4.98 Å². The van der Waals surface area contributed by atoms with Crippen molar-refractivity contribution in [3.8, 4) is 22.4 Å². The second-order valence-corrected chi connectivity index (χ2v) is 7.72. The molecule has 0 N–H and O–H groups in total. The maximum absolute atomic E-state index is 6.22. The fourth-order valence-electron chi connectivity index (χ4n) is 4.36. The highest BCUT2D eigenvalue weighted by atomic mass is 16.3. The summed E-state index contributed by atoms with van der Waals surface area (Å²) in [4.78, 5) is 4.69. The number of para-hydroxylation sites is 2. The first-order valence-corrected chi connectivity index (χ1v) is 10.1. The van der Waals surface area contributed by atoms with Gasteiger partial charge < -0.3 is 4.42 Å². The predicted octanol–water partition coefficient (Wildman–Crippen LogP) is 7.78. The van der Waals surface area contributed by atoms with Crippen LogP contribution in [0.15, 0.2) is 102 Å². The SMILES string of the molecule is Cc1cc2ccccc2cc1-c1ccnc(-c2cccc3c2oc2ccccc23)c1. The van der Waals surface area contributed by atoms with Crippen LogP contribution in [0, 0.1) is 6.92 Å². The number of rotatable bonds is 2. The fourth-order valence-corrected chi connectivity index (χ4v) is 4.36. The minimum Gasteiger partial charge on any atom is -0.455 e. The van der Waals surface area contributed by atoms with E-state index in [4.69, 9.17) is 4.42 Å². The Bertz CT molecular complexity index is 1560. The van der Waals surface area contributed by atoms with E-state index < -0.39 is 0 Å². The molecule has 30 heavy (non-hydrogen) atoms. The van der Waals surface area contributed by atoms with Gasteiger partial charge in [0.25, 0.3) is 0 Å². The molecule has 0 aliphatic rings. The lowest BCUT2D eigenvalue weighted by Gasteiger charge is -2.10. The number of furan rings is 1. The Hall–Kier alpha value is -3.91. The Morgan fingerprint density at radius 2 is 1.43 bits per heavy atom. The third-order valence-corrected chi connectivity index (χ3v) is 5.84. The predicted molar refractivity (Wildman–Crippen MR) is 125 cm³/mol. The van der Waals surface area contributed by atoms with Crippen molar-refractivity contribution in [2.45, 2.75) is 6.92 Å². The quantitative estimate of drug-likeness (QED) is 0.304. The molecule has 0 aliphatic heterocycles. The summed E-state index contributed by atoms with van der Waals surface area (Å²) in [5.41, 5.74) is 7.38. The third-order valence-electron chi connectivity index (χ3n) is 5.84. The van der Waals surface area contributed by atoms with E-state index >= 15 is 0 Å². The molecule has 6 rings (SSSR count). The molecule has 0 spiro atoms. The topological polar surface area (TPSA) is 26.0 Å². The number of aromatic nitrogens is 1. The van der Waals surface area contributed by atoms with E-state index in [1.54, 1.807) is 0 Å². The van der Waals surface area contributed by atoms with Gasteiger partial charge in [-0.05, 0) is 64.7 Å². The zero-order chi connectivity index (χ0) is 20.1. The van der Waals surface area contributed by atoms with E-state index in [1.165, 1.54) is 21.9 Å². The fraction of sp³-hybridized carbons (Fsp3) is 0.0357. The van der Waals surface area contributed by atoms with Crippen LogP contribution in [0.25, 0.3) is 55.1 Å². The molecule has 4 aromatic carbocycles. The van der Waals surface area contributed by atoms with Crippen molar-refractivity contribution < 1.29 is 4.42 Å². The van der Waals surface area contributed by atoms with Gasteiger partial charge in [-0.25, -0.2) is 0 Å². The molecule has 0 atom stereocenters. The summed E-state index contributed by atoms with van der Waals surface area (Å²) in [6.45, 7) is 2.17. The molecular weight excluding hydrogens is 366 g/mol. The first kappa shape index (κ1) is 17.0. The number of pyridine rings is 1. The summed E-state index contributed by atoms with van der Waals surface area (Å²) in [5, 5.41) is 4.77. The largest absolute Gasteiger partial charge is 0.455 e. The zero-order valence-electron chi connectivity index (χ0n) is 16.6. The molecule has 0 aliphatic carbocycles. The summed E-state index contributed by atoms with van der Waals surface area (Å²) in [6, 6.07) is 31.7. The van der Waals surface area contributed by atoms with Crippen LogP contribution in [0.5, 0.6) is 0 Å². The van der Waals surface area contributed by atoms with E-state index in [9.17, 15) is 0 Å². The minimum absolute atomic E-state index is 0.888. The molecule has 0 unspecified atom stereocenters. The molecule has 0 fully saturated rings. The molecule has 0 saturated carbocycles. The number of fused-ring (bicyclic) bond motifs is 4. The zero-order valence-corrected chi connectivity index (χ0v) is 16.6. The molecule has 2 aromatic heterocycles. The van der Waals surface area contributed by atoms with Crippen LogP contribution in [0.2, 0.25) is 0 Å². The molecule has 142 valence electrons. The maximum Gasteiger partial charge on any atom is 0.144 e. The average molecular weight is 385 g/mol. The van der Waals surface area contributed by atoms with Crippen LogP contribution < -0.4 is 0 Å². The highest BCUT2D eigenvalue weighted by molar-refractivity contribution is 6.09. The number of hydrogen-bond acceptors (Lipinski definition) is 2. The molecule has 2 nitrogen and oxygen atoms in total. The lowest BCUT2D eigenvalue weighted by atomic mass is 9.95. The highest BCUT2D eigenvalue weighted by Gasteiger charge is 2.13. The molecule has 6 aromatic rings. The third kappa shape index (κ3) is 2.61. The summed E-state index contributed by atoms with van der Waals surface area (Å²) in [6.07, 6.45) is 1.89. The number of nitrogens with zero attached hydrogens (tertiary/aromatic N) is 1. The second-order valence-electron chi connectivity index (χ2n) is 7.72. The van der Waals surface area contributed by atoms with Crippen molar-refractivity contribution in [2.24, 2.45) is 0 Å². The van der Waals surface area contributed by atoms with E-state index in [-0.39, 0.29) is 0 Å². The molecule has 2 heteroatoms. The minimum atomic E-state index is 0.888. The van der Waals surface area contributed by atoms with Gasteiger partial charge in [-0.1, -0.05) is 60.7 Å². The van der Waals surface area contributed by atoms with Crippen LogP contribution in [0.1, 0.15) is 5.56 Å². The van der Waals surface area contributed by atoms with Crippen LogP contribution >= 0.6 is 0 Å². The summed E-state index contributed by atoms with van der Waals surface area (Å²) < 4.78 is 6.22.